The van der Waals surface area contributed by atoms with Crippen molar-refractivity contribution < 1.29 is 24.2 Å². The van der Waals surface area contributed by atoms with Gasteiger partial charge < -0.3 is 19.6 Å². The number of benzene rings is 1. The second-order valence-electron chi connectivity index (χ2n) is 7.40. The third-order valence-corrected chi connectivity index (χ3v) is 5.63. The van der Waals surface area contributed by atoms with Crippen LogP contribution in [0.15, 0.2) is 24.3 Å². The Morgan fingerprint density at radius 2 is 2.11 bits per heavy atom. The maximum atomic E-state index is 12.7. The average Bonchev–Trinajstić information content (AvgIpc) is 3.20. The van der Waals surface area contributed by atoms with Gasteiger partial charge in [-0.25, -0.2) is 0 Å². The molecule has 2 aliphatic heterocycles. The van der Waals surface area contributed by atoms with Gasteiger partial charge in [-0.15, -0.1) is 0 Å². The summed E-state index contributed by atoms with van der Waals surface area (Å²) in [6.45, 7) is 3.27. The zero-order valence-electron chi connectivity index (χ0n) is 15.2. The van der Waals surface area contributed by atoms with Gasteiger partial charge in [0, 0.05) is 26.1 Å². The van der Waals surface area contributed by atoms with Gasteiger partial charge in [0.1, 0.15) is 12.4 Å². The van der Waals surface area contributed by atoms with Gasteiger partial charge in [-0.2, -0.15) is 0 Å². The SMILES string of the molecule is CC1(C(=O)O)CCN(C(=O)C2CC(=O)N(CCOc3ccccc3Cl)C2)C1. The lowest BCUT2D eigenvalue weighted by Crippen LogP contribution is -2.39. The fourth-order valence-electron chi connectivity index (χ4n) is 3.56. The maximum absolute atomic E-state index is 12.7. The van der Waals surface area contributed by atoms with Crippen molar-refractivity contribution in [1.29, 1.82) is 0 Å². The molecule has 2 heterocycles. The Labute approximate surface area is 162 Å². The standard InChI is InChI=1S/C19H23ClN2O5/c1-19(18(25)26)6-7-22(12-19)17(24)13-10-16(23)21(11-13)8-9-27-15-5-3-2-4-14(15)20/h2-5,13H,6-12H2,1H3,(H,25,26). The minimum Gasteiger partial charge on any atom is -0.490 e. The Morgan fingerprint density at radius 1 is 1.37 bits per heavy atom. The number of nitrogens with zero attached hydrogens (tertiary/aromatic N) is 2. The molecule has 0 spiro atoms. The smallest absolute Gasteiger partial charge is 0.311 e. The van der Waals surface area contributed by atoms with Crippen LogP contribution >= 0.6 is 11.6 Å². The van der Waals surface area contributed by atoms with Gasteiger partial charge in [-0.1, -0.05) is 23.7 Å². The molecule has 2 saturated heterocycles. The Kier molecular flexibility index (Phi) is 5.60. The Bertz CT molecular complexity index is 755. The molecular weight excluding hydrogens is 372 g/mol. The second kappa shape index (κ2) is 7.76. The first kappa shape index (κ1) is 19.5. The molecule has 8 heteroatoms. The first-order chi connectivity index (χ1) is 12.8. The number of carboxylic acids is 1. The number of para-hydroxylation sites is 1. The van der Waals surface area contributed by atoms with Crippen molar-refractivity contribution >= 4 is 29.4 Å². The van der Waals surface area contributed by atoms with Crippen LogP contribution in [0.1, 0.15) is 19.8 Å². The van der Waals surface area contributed by atoms with Crippen molar-refractivity contribution in [3.8, 4) is 5.75 Å². The Hall–Kier alpha value is -2.28. The van der Waals surface area contributed by atoms with E-state index in [1.165, 1.54) is 0 Å². The van der Waals surface area contributed by atoms with Crippen LogP contribution in [0.3, 0.4) is 0 Å². The number of carbonyl (C=O) groups excluding carboxylic acids is 2. The highest BCUT2D eigenvalue weighted by Crippen LogP contribution is 2.32. The summed E-state index contributed by atoms with van der Waals surface area (Å²) in [5.74, 6) is -0.977. The van der Waals surface area contributed by atoms with Crippen LogP contribution in [0.2, 0.25) is 5.02 Å². The molecule has 146 valence electrons. The highest BCUT2D eigenvalue weighted by atomic mass is 35.5. The Morgan fingerprint density at radius 3 is 2.78 bits per heavy atom. The van der Waals surface area contributed by atoms with Gasteiger partial charge in [0.05, 0.1) is 22.9 Å². The molecule has 2 aliphatic rings. The molecule has 2 unspecified atom stereocenters. The minimum absolute atomic E-state index is 0.0868. The minimum atomic E-state index is -0.902. The number of likely N-dealkylation sites (tertiary alicyclic amines) is 2. The summed E-state index contributed by atoms with van der Waals surface area (Å²) in [6.07, 6.45) is 0.593. The van der Waals surface area contributed by atoms with Gasteiger partial charge in [-0.05, 0) is 25.5 Å². The zero-order chi connectivity index (χ0) is 19.6. The molecule has 7 nitrogen and oxygen atoms in total. The lowest BCUT2D eigenvalue weighted by Gasteiger charge is -2.23. The quantitative estimate of drug-likeness (QED) is 0.796. The van der Waals surface area contributed by atoms with Crippen LogP contribution in [0.4, 0.5) is 0 Å². The highest BCUT2D eigenvalue weighted by Gasteiger charge is 2.45. The van der Waals surface area contributed by atoms with Crippen LogP contribution < -0.4 is 4.74 Å². The normalized spacial score (nSPS) is 25.1. The van der Waals surface area contributed by atoms with E-state index in [1.807, 2.05) is 12.1 Å². The number of ether oxygens (including phenoxy) is 1. The lowest BCUT2D eigenvalue weighted by molar-refractivity contribution is -0.147. The molecule has 2 fully saturated rings. The predicted octanol–water partition coefficient (Wildman–Crippen LogP) is 1.89. The number of aliphatic carboxylic acids is 1. The van der Waals surface area contributed by atoms with Crippen LogP contribution in [-0.2, 0) is 14.4 Å². The molecule has 0 saturated carbocycles. The molecule has 0 radical (unpaired) electrons. The molecular formula is C19H23ClN2O5. The van der Waals surface area contributed by atoms with Crippen molar-refractivity contribution in [3.63, 3.8) is 0 Å². The number of carbonyl (C=O) groups is 3. The van der Waals surface area contributed by atoms with E-state index in [2.05, 4.69) is 0 Å². The molecule has 1 aromatic carbocycles. The van der Waals surface area contributed by atoms with Crippen LogP contribution in [0.5, 0.6) is 5.75 Å². The summed E-state index contributed by atoms with van der Waals surface area (Å²) < 4.78 is 5.61. The van der Waals surface area contributed by atoms with E-state index >= 15 is 0 Å². The summed E-state index contributed by atoms with van der Waals surface area (Å²) in [5.41, 5.74) is -0.902. The molecule has 27 heavy (non-hydrogen) atoms. The third kappa shape index (κ3) is 4.18. The van der Waals surface area contributed by atoms with E-state index in [1.54, 1.807) is 28.9 Å². The highest BCUT2D eigenvalue weighted by molar-refractivity contribution is 6.32. The van der Waals surface area contributed by atoms with Crippen molar-refractivity contribution in [1.82, 2.24) is 9.80 Å². The summed E-state index contributed by atoms with van der Waals surface area (Å²) in [6, 6.07) is 7.11. The lowest BCUT2D eigenvalue weighted by atomic mass is 9.90. The van der Waals surface area contributed by atoms with Gasteiger partial charge in [-0.3, -0.25) is 14.4 Å². The average molecular weight is 395 g/mol. The van der Waals surface area contributed by atoms with Gasteiger partial charge in [0.15, 0.2) is 0 Å². The summed E-state index contributed by atoms with van der Waals surface area (Å²) in [5, 5.41) is 9.82. The van der Waals surface area contributed by atoms with Crippen molar-refractivity contribution in [2.24, 2.45) is 11.3 Å². The van der Waals surface area contributed by atoms with E-state index in [9.17, 15) is 19.5 Å². The first-order valence-electron chi connectivity index (χ1n) is 8.97. The molecule has 2 amide bonds. The fourth-order valence-corrected chi connectivity index (χ4v) is 3.75. The molecule has 3 rings (SSSR count). The van der Waals surface area contributed by atoms with E-state index in [-0.39, 0.29) is 31.4 Å². The van der Waals surface area contributed by atoms with E-state index in [4.69, 9.17) is 16.3 Å². The summed E-state index contributed by atoms with van der Waals surface area (Å²) in [7, 11) is 0. The monoisotopic (exact) mass is 394 g/mol. The summed E-state index contributed by atoms with van der Waals surface area (Å²) in [4.78, 5) is 39.5. The largest absolute Gasteiger partial charge is 0.490 e. The van der Waals surface area contributed by atoms with Gasteiger partial charge >= 0.3 is 5.97 Å². The second-order valence-corrected chi connectivity index (χ2v) is 7.80. The Balaban J connectivity index is 1.51. The van der Waals surface area contributed by atoms with E-state index in [0.29, 0.717) is 36.8 Å². The third-order valence-electron chi connectivity index (χ3n) is 5.32. The molecule has 1 N–H and O–H groups in total. The summed E-state index contributed by atoms with van der Waals surface area (Å²) >= 11 is 6.03. The van der Waals surface area contributed by atoms with Crippen molar-refractivity contribution in [3.05, 3.63) is 29.3 Å². The number of amides is 2. The van der Waals surface area contributed by atoms with Gasteiger partial charge in [0.25, 0.3) is 0 Å². The number of hydrogen-bond acceptors (Lipinski definition) is 4. The number of carboxylic acid groups (broad SMARTS) is 1. The van der Waals surface area contributed by atoms with Gasteiger partial charge in [0.2, 0.25) is 11.8 Å². The molecule has 0 bridgehead atoms. The topological polar surface area (TPSA) is 87.2 Å². The maximum Gasteiger partial charge on any atom is 0.311 e. The molecule has 0 aromatic heterocycles. The van der Waals surface area contributed by atoms with Crippen LogP contribution in [-0.4, -0.2) is 65.5 Å². The van der Waals surface area contributed by atoms with Crippen LogP contribution in [0, 0.1) is 11.3 Å². The molecule has 0 aliphatic carbocycles. The van der Waals surface area contributed by atoms with E-state index in [0.717, 1.165) is 0 Å². The van der Waals surface area contributed by atoms with E-state index < -0.39 is 17.3 Å². The first-order valence-corrected chi connectivity index (χ1v) is 9.35. The van der Waals surface area contributed by atoms with Crippen LogP contribution in [0.25, 0.3) is 0 Å². The number of rotatable bonds is 6. The predicted molar refractivity (Wildman–Crippen MR) is 98.6 cm³/mol. The molecule has 2 atom stereocenters. The number of hydrogen-bond donors (Lipinski definition) is 1. The fraction of sp³-hybridized carbons (Fsp3) is 0.526. The van der Waals surface area contributed by atoms with Crippen molar-refractivity contribution in [2.75, 3.05) is 32.8 Å². The molecule has 1 aromatic rings. The zero-order valence-corrected chi connectivity index (χ0v) is 15.9. The number of halogens is 1. The van der Waals surface area contributed by atoms with Crippen molar-refractivity contribution in [2.45, 2.75) is 19.8 Å².